The maximum Gasteiger partial charge on any atom is 0.327 e. The molecule has 0 atom stereocenters. The van der Waals surface area contributed by atoms with Gasteiger partial charge in [-0.05, 0) is 28.9 Å². The molecule has 0 aromatic carbocycles. The molecule has 1 rings (SSSR count). The average Bonchev–Trinajstić information content (AvgIpc) is 2.45. The number of hydrogen-bond donors (Lipinski definition) is 2. The number of anilines is 1. The first-order valence-electron chi connectivity index (χ1n) is 6.37. The molecule has 0 amide bonds. The van der Waals surface area contributed by atoms with Gasteiger partial charge in [-0.1, -0.05) is 6.92 Å². The van der Waals surface area contributed by atoms with Crippen LogP contribution in [0.1, 0.15) is 13.3 Å². The molecular formula is C12H19BrN4O3. The fraction of sp³-hybridized carbons (Fsp3) is 0.583. The smallest absolute Gasteiger partial charge is 0.327 e. The molecule has 0 bridgehead atoms. The van der Waals surface area contributed by atoms with Gasteiger partial charge in [0.05, 0.1) is 19.0 Å². The third-order valence-corrected chi connectivity index (χ3v) is 3.30. The molecule has 0 aliphatic heterocycles. The third-order valence-electron chi connectivity index (χ3n) is 2.54. The Morgan fingerprint density at radius 3 is 2.85 bits per heavy atom. The van der Waals surface area contributed by atoms with E-state index in [9.17, 15) is 9.59 Å². The quantitative estimate of drug-likeness (QED) is 0.529. The van der Waals surface area contributed by atoms with Gasteiger partial charge in [-0.2, -0.15) is 5.10 Å². The Hall–Kier alpha value is -1.41. The second-order valence-electron chi connectivity index (χ2n) is 4.09. The molecule has 0 spiro atoms. The van der Waals surface area contributed by atoms with Crippen LogP contribution in [0.4, 0.5) is 5.69 Å². The molecule has 112 valence electrons. The van der Waals surface area contributed by atoms with Crippen LogP contribution >= 0.6 is 15.9 Å². The lowest BCUT2D eigenvalue weighted by Gasteiger charge is -2.10. The summed E-state index contributed by atoms with van der Waals surface area (Å²) in [6.07, 6.45) is 2.59. The highest BCUT2D eigenvalue weighted by atomic mass is 79.9. The highest BCUT2D eigenvalue weighted by Gasteiger charge is 2.11. The molecule has 0 aliphatic rings. The lowest BCUT2D eigenvalue weighted by Crippen LogP contribution is -2.29. The summed E-state index contributed by atoms with van der Waals surface area (Å²) in [6, 6.07) is 0. The summed E-state index contributed by atoms with van der Waals surface area (Å²) in [4.78, 5) is 23.1. The number of nitrogens with one attached hydrogen (secondary N) is 2. The van der Waals surface area contributed by atoms with Crippen LogP contribution in [0.15, 0.2) is 15.5 Å². The first kappa shape index (κ1) is 16.6. The maximum absolute atomic E-state index is 12.0. The van der Waals surface area contributed by atoms with Crippen LogP contribution in [0.5, 0.6) is 0 Å². The second kappa shape index (κ2) is 8.70. The Balaban J connectivity index is 2.64. The number of aromatic nitrogens is 2. The number of carbonyl (C=O) groups excluding carboxylic acids is 1. The Bertz CT molecular complexity index is 504. The van der Waals surface area contributed by atoms with E-state index in [0.717, 1.165) is 24.2 Å². The monoisotopic (exact) mass is 346 g/mol. The third kappa shape index (κ3) is 4.93. The lowest BCUT2D eigenvalue weighted by atomic mass is 10.4. The molecule has 0 aliphatic carbocycles. The number of methoxy groups -OCH3 is 1. The molecule has 1 heterocycles. The van der Waals surface area contributed by atoms with Gasteiger partial charge >= 0.3 is 5.97 Å². The number of rotatable bonds is 8. The van der Waals surface area contributed by atoms with Gasteiger partial charge in [0.1, 0.15) is 11.0 Å². The molecule has 2 N–H and O–H groups in total. The predicted molar refractivity (Wildman–Crippen MR) is 79.9 cm³/mol. The average molecular weight is 347 g/mol. The molecule has 7 nitrogen and oxygen atoms in total. The standard InChI is InChI=1S/C12H19BrN4O3/c1-3-4-14-5-6-15-9-7-16-17(8-10(18)20-2)12(19)11(9)13/h7,14-15H,3-6,8H2,1-2H3. The summed E-state index contributed by atoms with van der Waals surface area (Å²) in [6.45, 7) is 4.34. The van der Waals surface area contributed by atoms with E-state index in [2.05, 4.69) is 43.3 Å². The Labute approximate surface area is 125 Å². The van der Waals surface area contributed by atoms with Gasteiger partial charge in [-0.25, -0.2) is 4.68 Å². The fourth-order valence-corrected chi connectivity index (χ4v) is 1.92. The van der Waals surface area contributed by atoms with Crippen molar-refractivity contribution >= 4 is 27.6 Å². The Morgan fingerprint density at radius 2 is 2.20 bits per heavy atom. The van der Waals surface area contributed by atoms with E-state index in [1.54, 1.807) is 0 Å². The van der Waals surface area contributed by atoms with Crippen LogP contribution < -0.4 is 16.2 Å². The zero-order valence-electron chi connectivity index (χ0n) is 11.6. The zero-order valence-corrected chi connectivity index (χ0v) is 13.2. The summed E-state index contributed by atoms with van der Waals surface area (Å²) in [7, 11) is 1.27. The molecule has 1 aromatic rings. The SMILES string of the molecule is CCCNCCNc1cnn(CC(=O)OC)c(=O)c1Br. The van der Waals surface area contributed by atoms with Crippen molar-refractivity contribution in [3.63, 3.8) is 0 Å². The van der Waals surface area contributed by atoms with Crippen LogP contribution in [-0.4, -0.2) is 42.5 Å². The number of hydrogen-bond acceptors (Lipinski definition) is 6. The molecular weight excluding hydrogens is 328 g/mol. The van der Waals surface area contributed by atoms with Crippen molar-refractivity contribution in [2.75, 3.05) is 32.1 Å². The van der Waals surface area contributed by atoms with E-state index in [0.29, 0.717) is 16.7 Å². The van der Waals surface area contributed by atoms with Crippen molar-refractivity contribution in [2.24, 2.45) is 0 Å². The normalized spacial score (nSPS) is 10.3. The van der Waals surface area contributed by atoms with E-state index in [-0.39, 0.29) is 12.1 Å². The second-order valence-corrected chi connectivity index (χ2v) is 4.88. The summed E-state index contributed by atoms with van der Waals surface area (Å²) in [5, 5.41) is 10.3. The predicted octanol–water partition coefficient (Wildman–Crippen LogP) is 0.590. The lowest BCUT2D eigenvalue weighted by molar-refractivity contribution is -0.141. The van der Waals surface area contributed by atoms with Gasteiger partial charge in [0.25, 0.3) is 5.56 Å². The number of nitrogens with zero attached hydrogens (tertiary/aromatic N) is 2. The van der Waals surface area contributed by atoms with Crippen molar-refractivity contribution in [2.45, 2.75) is 19.9 Å². The van der Waals surface area contributed by atoms with E-state index in [1.807, 2.05) is 0 Å². The van der Waals surface area contributed by atoms with Crippen LogP contribution in [-0.2, 0) is 16.1 Å². The minimum atomic E-state index is -0.518. The summed E-state index contributed by atoms with van der Waals surface area (Å²) in [5.41, 5.74) is 0.233. The van der Waals surface area contributed by atoms with E-state index >= 15 is 0 Å². The van der Waals surface area contributed by atoms with Gasteiger partial charge in [-0.3, -0.25) is 9.59 Å². The van der Waals surface area contributed by atoms with Gasteiger partial charge in [-0.15, -0.1) is 0 Å². The fourth-order valence-electron chi connectivity index (χ4n) is 1.48. The van der Waals surface area contributed by atoms with Crippen molar-refractivity contribution in [3.05, 3.63) is 21.0 Å². The first-order chi connectivity index (χ1) is 9.60. The molecule has 0 fully saturated rings. The summed E-state index contributed by atoms with van der Waals surface area (Å²) in [5.74, 6) is -0.518. The van der Waals surface area contributed by atoms with Crippen molar-refractivity contribution < 1.29 is 9.53 Å². The van der Waals surface area contributed by atoms with Crippen LogP contribution in [0.3, 0.4) is 0 Å². The van der Waals surface area contributed by atoms with E-state index in [4.69, 9.17) is 0 Å². The van der Waals surface area contributed by atoms with Gasteiger partial charge in [0, 0.05) is 13.1 Å². The highest BCUT2D eigenvalue weighted by Crippen LogP contribution is 2.15. The molecule has 8 heteroatoms. The zero-order chi connectivity index (χ0) is 15.0. The number of esters is 1. The van der Waals surface area contributed by atoms with Crippen LogP contribution in [0, 0.1) is 0 Å². The molecule has 0 saturated heterocycles. The number of carbonyl (C=O) groups is 1. The highest BCUT2D eigenvalue weighted by molar-refractivity contribution is 9.10. The molecule has 1 aromatic heterocycles. The number of ether oxygens (including phenoxy) is 1. The minimum Gasteiger partial charge on any atom is -0.468 e. The van der Waals surface area contributed by atoms with Crippen LogP contribution in [0.25, 0.3) is 0 Å². The minimum absolute atomic E-state index is 0.202. The maximum atomic E-state index is 12.0. The topological polar surface area (TPSA) is 85.2 Å². The first-order valence-corrected chi connectivity index (χ1v) is 7.16. The Morgan fingerprint density at radius 1 is 1.45 bits per heavy atom. The van der Waals surface area contributed by atoms with Crippen molar-refractivity contribution in [1.29, 1.82) is 0 Å². The van der Waals surface area contributed by atoms with E-state index in [1.165, 1.54) is 13.3 Å². The molecule has 0 saturated carbocycles. The van der Waals surface area contributed by atoms with Gasteiger partial charge in [0.15, 0.2) is 0 Å². The van der Waals surface area contributed by atoms with Crippen LogP contribution in [0.2, 0.25) is 0 Å². The molecule has 0 unspecified atom stereocenters. The largest absolute Gasteiger partial charge is 0.468 e. The van der Waals surface area contributed by atoms with Crippen molar-refractivity contribution in [1.82, 2.24) is 15.1 Å². The van der Waals surface area contributed by atoms with Crippen molar-refractivity contribution in [3.8, 4) is 0 Å². The Kier molecular flexibility index (Phi) is 7.24. The summed E-state index contributed by atoms with van der Waals surface area (Å²) < 4.78 is 5.91. The van der Waals surface area contributed by atoms with Gasteiger partial charge in [0.2, 0.25) is 0 Å². The molecule has 0 radical (unpaired) electrons. The molecule has 20 heavy (non-hydrogen) atoms. The van der Waals surface area contributed by atoms with E-state index < -0.39 is 5.97 Å². The summed E-state index contributed by atoms with van der Waals surface area (Å²) >= 11 is 3.22. The number of halogens is 1. The van der Waals surface area contributed by atoms with Gasteiger partial charge < -0.3 is 15.4 Å².